The molecule has 0 radical (unpaired) electrons. The van der Waals surface area contributed by atoms with Gasteiger partial charge >= 0.3 is 0 Å². The van der Waals surface area contributed by atoms with Crippen LogP contribution in [-0.2, 0) is 11.3 Å². The number of hydrogen-bond donors (Lipinski definition) is 1. The van der Waals surface area contributed by atoms with Crippen molar-refractivity contribution in [3.05, 3.63) is 82.8 Å². The van der Waals surface area contributed by atoms with Crippen molar-refractivity contribution in [2.45, 2.75) is 19.5 Å². The molecule has 0 aliphatic rings. The first-order valence-corrected chi connectivity index (χ1v) is 7.57. The van der Waals surface area contributed by atoms with Crippen LogP contribution in [0.3, 0.4) is 0 Å². The van der Waals surface area contributed by atoms with Crippen molar-refractivity contribution in [1.29, 1.82) is 0 Å². The van der Waals surface area contributed by atoms with E-state index in [9.17, 15) is 9.59 Å². The summed E-state index contributed by atoms with van der Waals surface area (Å²) in [4.78, 5) is 23.9. The second-order valence-electron chi connectivity index (χ2n) is 5.52. The molecule has 0 bridgehead atoms. The van der Waals surface area contributed by atoms with E-state index in [1.807, 2.05) is 31.2 Å². The van der Waals surface area contributed by atoms with Crippen molar-refractivity contribution in [3.8, 4) is 0 Å². The van der Waals surface area contributed by atoms with Gasteiger partial charge in [-0.05, 0) is 29.3 Å². The van der Waals surface area contributed by atoms with E-state index < -0.39 is 0 Å². The van der Waals surface area contributed by atoms with Crippen molar-refractivity contribution in [2.24, 2.45) is 0 Å². The first kappa shape index (κ1) is 15.0. The molecule has 1 N–H and O–H groups in total. The van der Waals surface area contributed by atoms with E-state index >= 15 is 0 Å². The van der Waals surface area contributed by atoms with Gasteiger partial charge < -0.3 is 9.88 Å². The van der Waals surface area contributed by atoms with Crippen LogP contribution in [-0.4, -0.2) is 10.5 Å². The third kappa shape index (κ3) is 3.31. The van der Waals surface area contributed by atoms with Gasteiger partial charge in [-0.25, -0.2) is 0 Å². The summed E-state index contributed by atoms with van der Waals surface area (Å²) in [5.41, 5.74) is 0.886. The van der Waals surface area contributed by atoms with Crippen LogP contribution in [0.25, 0.3) is 10.8 Å². The Morgan fingerprint density at radius 3 is 2.61 bits per heavy atom. The molecule has 0 saturated heterocycles. The van der Waals surface area contributed by atoms with E-state index in [0.29, 0.717) is 0 Å². The van der Waals surface area contributed by atoms with Crippen molar-refractivity contribution in [1.82, 2.24) is 9.88 Å². The first-order chi connectivity index (χ1) is 11.1. The Kier molecular flexibility index (Phi) is 4.24. The van der Waals surface area contributed by atoms with Crippen LogP contribution in [0.4, 0.5) is 0 Å². The van der Waals surface area contributed by atoms with E-state index in [0.717, 1.165) is 16.3 Å². The number of carbonyl (C=O) groups excluding carboxylic acids is 1. The first-order valence-electron chi connectivity index (χ1n) is 7.57. The van der Waals surface area contributed by atoms with Gasteiger partial charge in [-0.1, -0.05) is 48.5 Å². The van der Waals surface area contributed by atoms with Gasteiger partial charge in [-0.2, -0.15) is 0 Å². The fraction of sp³-hybridized carbons (Fsp3) is 0.158. The maximum Gasteiger partial charge on any atom is 0.250 e. The molecule has 0 aliphatic heterocycles. The van der Waals surface area contributed by atoms with Crippen LogP contribution in [0.1, 0.15) is 18.5 Å². The number of rotatable bonds is 4. The number of benzene rings is 2. The van der Waals surface area contributed by atoms with E-state index in [-0.39, 0.29) is 24.1 Å². The lowest BCUT2D eigenvalue weighted by Gasteiger charge is -2.17. The lowest BCUT2D eigenvalue weighted by molar-refractivity contribution is -0.122. The molecule has 1 amide bonds. The fourth-order valence-corrected chi connectivity index (χ4v) is 2.74. The van der Waals surface area contributed by atoms with E-state index in [1.54, 1.807) is 18.3 Å². The third-order valence-corrected chi connectivity index (χ3v) is 3.88. The minimum absolute atomic E-state index is 0.0226. The SMILES string of the molecule is CC(NC(=O)Cn1ccccc1=O)c1cccc2ccccc12. The van der Waals surface area contributed by atoms with Gasteiger partial charge in [0.15, 0.2) is 0 Å². The molecule has 0 saturated carbocycles. The molecule has 1 unspecified atom stereocenters. The molecule has 3 aromatic rings. The Morgan fingerprint density at radius 2 is 1.78 bits per heavy atom. The maximum absolute atomic E-state index is 12.2. The summed E-state index contributed by atoms with van der Waals surface area (Å²) in [5, 5.41) is 5.23. The average molecular weight is 306 g/mol. The normalized spacial score (nSPS) is 12.0. The number of hydrogen-bond acceptors (Lipinski definition) is 2. The third-order valence-electron chi connectivity index (χ3n) is 3.88. The van der Waals surface area contributed by atoms with Crippen LogP contribution in [0.2, 0.25) is 0 Å². The molecule has 0 aliphatic carbocycles. The summed E-state index contributed by atoms with van der Waals surface area (Å²) >= 11 is 0. The van der Waals surface area contributed by atoms with Gasteiger partial charge in [0.25, 0.3) is 5.56 Å². The predicted octanol–water partition coefficient (Wildman–Crippen LogP) is 2.88. The number of pyridine rings is 1. The Labute approximate surface area is 134 Å². The molecule has 4 nitrogen and oxygen atoms in total. The highest BCUT2D eigenvalue weighted by molar-refractivity contribution is 5.86. The summed E-state index contributed by atoms with van der Waals surface area (Å²) in [6.45, 7) is 1.97. The Hall–Kier alpha value is -2.88. The molecule has 116 valence electrons. The van der Waals surface area contributed by atoms with Crippen LogP contribution >= 0.6 is 0 Å². The van der Waals surface area contributed by atoms with Gasteiger partial charge in [0.1, 0.15) is 6.54 Å². The summed E-state index contributed by atoms with van der Waals surface area (Å²) in [7, 11) is 0. The van der Waals surface area contributed by atoms with Crippen molar-refractivity contribution >= 4 is 16.7 Å². The highest BCUT2D eigenvalue weighted by Crippen LogP contribution is 2.23. The summed E-state index contributed by atoms with van der Waals surface area (Å²) in [6, 6.07) is 18.9. The molecule has 0 fully saturated rings. The van der Waals surface area contributed by atoms with Crippen molar-refractivity contribution in [2.75, 3.05) is 0 Å². The molecule has 1 heterocycles. The summed E-state index contributed by atoms with van der Waals surface area (Å²) < 4.78 is 1.39. The lowest BCUT2D eigenvalue weighted by Crippen LogP contribution is -2.33. The second-order valence-corrected chi connectivity index (χ2v) is 5.52. The number of nitrogens with one attached hydrogen (secondary N) is 1. The molecular weight excluding hydrogens is 288 g/mol. The van der Waals surface area contributed by atoms with E-state index in [2.05, 4.69) is 23.5 Å². The van der Waals surface area contributed by atoms with Crippen molar-refractivity contribution < 1.29 is 4.79 Å². The van der Waals surface area contributed by atoms with Gasteiger partial charge in [-0.3, -0.25) is 9.59 Å². The topological polar surface area (TPSA) is 51.1 Å². The second kappa shape index (κ2) is 6.48. The Bertz CT molecular complexity index is 894. The average Bonchev–Trinajstić information content (AvgIpc) is 2.56. The smallest absolute Gasteiger partial charge is 0.250 e. The molecule has 23 heavy (non-hydrogen) atoms. The molecule has 3 rings (SSSR count). The van der Waals surface area contributed by atoms with Gasteiger partial charge in [0, 0.05) is 12.3 Å². The molecule has 0 spiro atoms. The number of aromatic nitrogens is 1. The van der Waals surface area contributed by atoms with E-state index in [1.165, 1.54) is 10.6 Å². The van der Waals surface area contributed by atoms with Crippen molar-refractivity contribution in [3.63, 3.8) is 0 Å². The highest BCUT2D eigenvalue weighted by Gasteiger charge is 2.12. The quantitative estimate of drug-likeness (QED) is 0.806. The molecular formula is C19H18N2O2. The number of amides is 1. The minimum atomic E-state index is -0.182. The zero-order valence-corrected chi connectivity index (χ0v) is 12.9. The minimum Gasteiger partial charge on any atom is -0.348 e. The number of carbonyl (C=O) groups is 1. The van der Waals surface area contributed by atoms with Gasteiger partial charge in [0.05, 0.1) is 6.04 Å². The Morgan fingerprint density at radius 1 is 1.04 bits per heavy atom. The Balaban J connectivity index is 1.78. The zero-order valence-electron chi connectivity index (χ0n) is 12.9. The number of nitrogens with zero attached hydrogens (tertiary/aromatic N) is 1. The maximum atomic E-state index is 12.2. The zero-order chi connectivity index (χ0) is 16.2. The highest BCUT2D eigenvalue weighted by atomic mass is 16.2. The number of fused-ring (bicyclic) bond motifs is 1. The molecule has 1 atom stereocenters. The fourth-order valence-electron chi connectivity index (χ4n) is 2.74. The van der Waals surface area contributed by atoms with Gasteiger partial charge in [-0.15, -0.1) is 0 Å². The summed E-state index contributed by atoms with van der Waals surface area (Å²) in [6.07, 6.45) is 1.62. The molecule has 4 heteroatoms. The van der Waals surface area contributed by atoms with Crippen LogP contribution in [0, 0.1) is 0 Å². The predicted molar refractivity (Wildman–Crippen MR) is 91.2 cm³/mol. The van der Waals surface area contributed by atoms with Crippen LogP contribution in [0.5, 0.6) is 0 Å². The largest absolute Gasteiger partial charge is 0.348 e. The van der Waals surface area contributed by atoms with Gasteiger partial charge in [0.2, 0.25) is 5.91 Å². The van der Waals surface area contributed by atoms with Crippen LogP contribution < -0.4 is 10.9 Å². The lowest BCUT2D eigenvalue weighted by atomic mass is 10.00. The van der Waals surface area contributed by atoms with Crippen LogP contribution in [0.15, 0.2) is 71.7 Å². The molecule has 1 aromatic heterocycles. The molecule has 2 aromatic carbocycles. The summed E-state index contributed by atoms with van der Waals surface area (Å²) in [5.74, 6) is -0.182. The standard InChI is InChI=1S/C19H18N2O2/c1-14(16-10-6-8-15-7-2-3-9-17(15)16)20-18(22)13-21-12-5-4-11-19(21)23/h2-12,14H,13H2,1H3,(H,20,22). The van der Waals surface area contributed by atoms with E-state index in [4.69, 9.17) is 0 Å². The monoisotopic (exact) mass is 306 g/mol.